The number of carbonyl (C=O) groups is 1. The van der Waals surface area contributed by atoms with E-state index in [1.165, 1.54) is 0 Å². The van der Waals surface area contributed by atoms with Gasteiger partial charge in [-0.15, -0.1) is 0 Å². The van der Waals surface area contributed by atoms with Gasteiger partial charge in [0.15, 0.2) is 0 Å². The van der Waals surface area contributed by atoms with Crippen molar-refractivity contribution >= 4 is 27.7 Å². The molecule has 0 aliphatic rings. The molecule has 0 bridgehead atoms. The van der Waals surface area contributed by atoms with Crippen LogP contribution in [0.25, 0.3) is 16.8 Å². The quantitative estimate of drug-likeness (QED) is 0.479. The second-order valence-electron chi connectivity index (χ2n) is 6.53. The fourth-order valence-corrected chi connectivity index (χ4v) is 3.52. The van der Waals surface area contributed by atoms with Crippen molar-refractivity contribution in [3.05, 3.63) is 88.8 Å². The molecule has 0 saturated carbocycles. The number of hydrogen-bond donors (Lipinski definition) is 1. The second kappa shape index (κ2) is 7.48. The first-order valence-electron chi connectivity index (χ1n) is 8.87. The summed E-state index contributed by atoms with van der Waals surface area (Å²) < 4.78 is 4.68. The maximum absolute atomic E-state index is 13.0. The Labute approximate surface area is 171 Å². The van der Waals surface area contributed by atoms with Gasteiger partial charge in [0, 0.05) is 40.7 Å². The number of benzene rings is 2. The molecule has 0 fully saturated rings. The van der Waals surface area contributed by atoms with Crippen LogP contribution >= 0.6 is 15.9 Å². The number of hydrogen-bond acceptors (Lipinski definition) is 2. The van der Waals surface area contributed by atoms with Crippen molar-refractivity contribution in [3.8, 4) is 16.8 Å². The monoisotopic (exact) mass is 434 g/mol. The fraction of sp³-hybridized carbons (Fsp3) is 0.0909. The maximum atomic E-state index is 13.0. The molecule has 6 heteroatoms. The zero-order valence-electron chi connectivity index (χ0n) is 15.6. The largest absolute Gasteiger partial charge is 0.324 e. The standard InChI is InChI=1S/C22H19BrN4O/c1-15-20(16-8-10-18(23)11-9-16)21(26(2)25-15)24-22(28)17-6-5-7-19(14-17)27-12-3-4-13-27/h3-14H,1-2H3,(H,24,28). The van der Waals surface area contributed by atoms with Gasteiger partial charge in [0.25, 0.3) is 5.91 Å². The first-order valence-corrected chi connectivity index (χ1v) is 9.66. The summed E-state index contributed by atoms with van der Waals surface area (Å²) in [6, 6.07) is 19.4. The van der Waals surface area contributed by atoms with E-state index in [4.69, 9.17) is 0 Å². The van der Waals surface area contributed by atoms with E-state index in [1.54, 1.807) is 4.68 Å². The molecule has 1 amide bonds. The highest BCUT2D eigenvalue weighted by molar-refractivity contribution is 9.10. The van der Waals surface area contributed by atoms with E-state index in [2.05, 4.69) is 26.3 Å². The lowest BCUT2D eigenvalue weighted by Gasteiger charge is -2.11. The van der Waals surface area contributed by atoms with E-state index in [1.807, 2.05) is 91.6 Å². The summed E-state index contributed by atoms with van der Waals surface area (Å²) in [5, 5.41) is 7.54. The minimum Gasteiger partial charge on any atom is -0.324 e. The number of carbonyl (C=O) groups excluding carboxylic acids is 1. The van der Waals surface area contributed by atoms with E-state index in [9.17, 15) is 4.79 Å². The van der Waals surface area contributed by atoms with Gasteiger partial charge < -0.3 is 9.88 Å². The molecule has 2 heterocycles. The third-order valence-electron chi connectivity index (χ3n) is 4.60. The molecule has 0 atom stereocenters. The average molecular weight is 435 g/mol. The van der Waals surface area contributed by atoms with E-state index in [0.29, 0.717) is 11.4 Å². The number of halogens is 1. The molecule has 1 N–H and O–H groups in total. The van der Waals surface area contributed by atoms with Crippen LogP contribution in [0, 0.1) is 6.92 Å². The number of nitrogens with one attached hydrogen (secondary N) is 1. The Hall–Kier alpha value is -3.12. The number of amides is 1. The topological polar surface area (TPSA) is 51.9 Å². The van der Waals surface area contributed by atoms with E-state index in [0.717, 1.165) is 27.0 Å². The molecule has 2 aromatic carbocycles. The zero-order valence-corrected chi connectivity index (χ0v) is 17.1. The van der Waals surface area contributed by atoms with Crippen LogP contribution in [0.4, 0.5) is 5.82 Å². The van der Waals surface area contributed by atoms with Crippen molar-refractivity contribution in [1.82, 2.24) is 14.3 Å². The minimum atomic E-state index is -0.171. The van der Waals surface area contributed by atoms with Gasteiger partial charge in [-0.1, -0.05) is 34.1 Å². The Balaban J connectivity index is 1.67. The molecule has 2 aromatic heterocycles. The molecule has 28 heavy (non-hydrogen) atoms. The zero-order chi connectivity index (χ0) is 19.7. The third-order valence-corrected chi connectivity index (χ3v) is 5.13. The van der Waals surface area contributed by atoms with Crippen molar-refractivity contribution in [3.63, 3.8) is 0 Å². The Kier molecular flexibility index (Phi) is 4.88. The molecule has 5 nitrogen and oxygen atoms in total. The van der Waals surface area contributed by atoms with E-state index < -0.39 is 0 Å². The van der Waals surface area contributed by atoms with Gasteiger partial charge >= 0.3 is 0 Å². The van der Waals surface area contributed by atoms with Gasteiger partial charge in [-0.05, 0) is 55.0 Å². The highest BCUT2D eigenvalue weighted by Crippen LogP contribution is 2.32. The number of rotatable bonds is 4. The normalized spacial score (nSPS) is 10.8. The lowest BCUT2D eigenvalue weighted by Crippen LogP contribution is -2.15. The highest BCUT2D eigenvalue weighted by Gasteiger charge is 2.18. The predicted molar refractivity (Wildman–Crippen MR) is 115 cm³/mol. The summed E-state index contributed by atoms with van der Waals surface area (Å²) in [5.74, 6) is 0.506. The molecule has 4 aromatic rings. The maximum Gasteiger partial charge on any atom is 0.256 e. The summed E-state index contributed by atoms with van der Waals surface area (Å²) in [6.07, 6.45) is 3.90. The first kappa shape index (κ1) is 18.3. The van der Waals surface area contributed by atoms with Crippen molar-refractivity contribution < 1.29 is 4.79 Å². The van der Waals surface area contributed by atoms with Crippen LogP contribution in [0.1, 0.15) is 16.1 Å². The van der Waals surface area contributed by atoms with Crippen molar-refractivity contribution in [2.45, 2.75) is 6.92 Å². The van der Waals surface area contributed by atoms with Crippen molar-refractivity contribution in [2.24, 2.45) is 7.05 Å². The summed E-state index contributed by atoms with van der Waals surface area (Å²) in [6.45, 7) is 1.94. The molecular weight excluding hydrogens is 416 g/mol. The van der Waals surface area contributed by atoms with Crippen LogP contribution in [0.5, 0.6) is 0 Å². The second-order valence-corrected chi connectivity index (χ2v) is 7.45. The lowest BCUT2D eigenvalue weighted by molar-refractivity contribution is 0.102. The van der Waals surface area contributed by atoms with E-state index in [-0.39, 0.29) is 5.91 Å². The molecule has 0 unspecified atom stereocenters. The smallest absolute Gasteiger partial charge is 0.256 e. The summed E-state index contributed by atoms with van der Waals surface area (Å²) in [4.78, 5) is 13.0. The van der Waals surface area contributed by atoms with Gasteiger partial charge in [-0.25, -0.2) is 0 Å². The number of aromatic nitrogens is 3. The number of nitrogens with zero attached hydrogens (tertiary/aromatic N) is 3. The summed E-state index contributed by atoms with van der Waals surface area (Å²) in [7, 11) is 1.83. The Morgan fingerprint density at radius 1 is 1.04 bits per heavy atom. The highest BCUT2D eigenvalue weighted by atomic mass is 79.9. The molecule has 0 aliphatic heterocycles. The Morgan fingerprint density at radius 2 is 1.75 bits per heavy atom. The van der Waals surface area contributed by atoms with Gasteiger partial charge in [-0.2, -0.15) is 5.10 Å². The number of aryl methyl sites for hydroxylation is 2. The minimum absolute atomic E-state index is 0.171. The average Bonchev–Trinajstić information content (AvgIpc) is 3.32. The first-order chi connectivity index (χ1) is 13.5. The van der Waals surface area contributed by atoms with Crippen LogP contribution in [0.2, 0.25) is 0 Å². The van der Waals surface area contributed by atoms with Gasteiger partial charge in [0.1, 0.15) is 5.82 Å². The van der Waals surface area contributed by atoms with Crippen LogP contribution < -0.4 is 5.32 Å². The number of anilines is 1. The predicted octanol–water partition coefficient (Wildman–Crippen LogP) is 5.20. The van der Waals surface area contributed by atoms with Crippen molar-refractivity contribution in [2.75, 3.05) is 5.32 Å². The molecule has 4 rings (SSSR count). The SMILES string of the molecule is Cc1nn(C)c(NC(=O)c2cccc(-n3cccc3)c2)c1-c1ccc(Br)cc1. The van der Waals surface area contributed by atoms with Crippen LogP contribution in [-0.4, -0.2) is 20.3 Å². The van der Waals surface area contributed by atoms with Gasteiger partial charge in [0.05, 0.1) is 5.69 Å². The van der Waals surface area contributed by atoms with E-state index >= 15 is 0 Å². The Bertz CT molecular complexity index is 1130. The molecule has 0 radical (unpaired) electrons. The molecular formula is C22H19BrN4O. The molecule has 0 saturated heterocycles. The Morgan fingerprint density at radius 3 is 2.46 bits per heavy atom. The summed E-state index contributed by atoms with van der Waals surface area (Å²) in [5.41, 5.74) is 4.31. The lowest BCUT2D eigenvalue weighted by atomic mass is 10.1. The summed E-state index contributed by atoms with van der Waals surface area (Å²) >= 11 is 3.46. The van der Waals surface area contributed by atoms with Gasteiger partial charge in [-0.3, -0.25) is 9.48 Å². The van der Waals surface area contributed by atoms with Crippen LogP contribution in [-0.2, 0) is 7.05 Å². The molecule has 0 spiro atoms. The van der Waals surface area contributed by atoms with Crippen LogP contribution in [0.3, 0.4) is 0 Å². The molecule has 0 aliphatic carbocycles. The molecule has 140 valence electrons. The van der Waals surface area contributed by atoms with Gasteiger partial charge in [0.2, 0.25) is 0 Å². The third kappa shape index (κ3) is 3.51. The van der Waals surface area contributed by atoms with Crippen LogP contribution in [0.15, 0.2) is 77.5 Å². The fourth-order valence-electron chi connectivity index (χ4n) is 3.26. The van der Waals surface area contributed by atoms with Crippen molar-refractivity contribution in [1.29, 1.82) is 0 Å².